The number of nitrogens with zero attached hydrogens (tertiary/aromatic N) is 4. The van der Waals surface area contributed by atoms with Crippen LogP contribution in [0.1, 0.15) is 15.9 Å². The molecule has 0 N–H and O–H groups in total. The van der Waals surface area contributed by atoms with Crippen LogP contribution in [0.15, 0.2) is 76.7 Å². The number of methoxy groups -OCH3 is 1. The molecule has 4 rings (SSSR count). The second-order valence-electron chi connectivity index (χ2n) is 6.67. The highest BCUT2D eigenvalue weighted by molar-refractivity contribution is 5.96. The Hall–Kier alpha value is -4.07. The van der Waals surface area contributed by atoms with Gasteiger partial charge in [0.1, 0.15) is 5.75 Å². The van der Waals surface area contributed by atoms with Crippen molar-refractivity contribution in [3.63, 3.8) is 0 Å². The monoisotopic (exact) mass is 402 g/mol. The average Bonchev–Trinajstić information content (AvgIpc) is 2.78. The Bertz CT molecular complexity index is 1280. The van der Waals surface area contributed by atoms with Gasteiger partial charge in [-0.15, -0.1) is 0 Å². The molecule has 0 spiro atoms. The first-order chi connectivity index (χ1) is 14.6. The summed E-state index contributed by atoms with van der Waals surface area (Å²) in [5.74, 6) is 0.650. The number of carbonyl (C=O) groups excluding carboxylic acids is 1. The number of fused-ring (bicyclic) bond motifs is 1. The summed E-state index contributed by atoms with van der Waals surface area (Å²) in [6, 6.07) is 13.5. The predicted octanol–water partition coefficient (Wildman–Crippen LogP) is 1.84. The minimum absolute atomic E-state index is 0.0534. The number of benzene rings is 1. The van der Waals surface area contributed by atoms with E-state index in [1.165, 1.54) is 4.57 Å². The van der Waals surface area contributed by atoms with Crippen LogP contribution in [0.2, 0.25) is 0 Å². The molecule has 0 bridgehead atoms. The fraction of sp³-hybridized carbons (Fsp3) is 0.136. The second-order valence-corrected chi connectivity index (χ2v) is 6.67. The summed E-state index contributed by atoms with van der Waals surface area (Å²) in [6.45, 7) is 0.0241. The van der Waals surface area contributed by atoms with Crippen molar-refractivity contribution in [2.75, 3.05) is 7.11 Å². The highest BCUT2D eigenvalue weighted by atomic mass is 16.5. The Morgan fingerprint density at radius 3 is 2.57 bits per heavy atom. The molecule has 1 aromatic carbocycles. The third-order valence-electron chi connectivity index (χ3n) is 4.74. The third kappa shape index (κ3) is 3.75. The van der Waals surface area contributed by atoms with Crippen LogP contribution in [0.25, 0.3) is 11.4 Å². The Kier molecular flexibility index (Phi) is 5.21. The molecule has 2 aliphatic heterocycles. The van der Waals surface area contributed by atoms with E-state index in [-0.39, 0.29) is 30.3 Å². The van der Waals surface area contributed by atoms with E-state index < -0.39 is 11.2 Å². The standard InChI is InChI=1S/C22H18N4O4/c1-30-17-8-6-16(7-9-17)19(27)14-25-11-3-5-18-20(25)24-22(29)26(21(18)28)13-15-4-2-10-23-12-15/h2-12H,13-14H2,1H3. The molecule has 0 saturated heterocycles. The van der Waals surface area contributed by atoms with Gasteiger partial charge in [-0.1, -0.05) is 6.07 Å². The lowest BCUT2D eigenvalue weighted by atomic mass is 10.1. The second kappa shape index (κ2) is 8.12. The summed E-state index contributed by atoms with van der Waals surface area (Å²) >= 11 is 0. The molecule has 1 aromatic heterocycles. The maximum absolute atomic E-state index is 12.9. The zero-order chi connectivity index (χ0) is 21.1. The van der Waals surface area contributed by atoms with Crippen molar-refractivity contribution < 1.29 is 9.53 Å². The van der Waals surface area contributed by atoms with E-state index in [2.05, 4.69) is 9.97 Å². The zero-order valence-electron chi connectivity index (χ0n) is 16.2. The van der Waals surface area contributed by atoms with Gasteiger partial charge in [0.15, 0.2) is 11.6 Å². The number of rotatable bonds is 6. The van der Waals surface area contributed by atoms with E-state index in [4.69, 9.17) is 4.74 Å². The third-order valence-corrected chi connectivity index (χ3v) is 4.74. The maximum Gasteiger partial charge on any atom is 0.352 e. The van der Waals surface area contributed by atoms with Crippen LogP contribution >= 0.6 is 0 Å². The minimum Gasteiger partial charge on any atom is -0.497 e. The molecule has 0 fully saturated rings. The van der Waals surface area contributed by atoms with Gasteiger partial charge in [-0.2, -0.15) is 4.98 Å². The van der Waals surface area contributed by atoms with Crippen LogP contribution in [0.4, 0.5) is 0 Å². The molecule has 8 heteroatoms. The number of pyridine rings is 2. The topological polar surface area (TPSA) is 96.1 Å². The fourth-order valence-electron chi connectivity index (χ4n) is 3.18. The van der Waals surface area contributed by atoms with Gasteiger partial charge in [-0.3, -0.25) is 19.1 Å². The molecule has 8 nitrogen and oxygen atoms in total. The summed E-state index contributed by atoms with van der Waals surface area (Å²) in [5.41, 5.74) is 0.348. The lowest BCUT2D eigenvalue weighted by Gasteiger charge is -2.15. The molecule has 0 atom stereocenters. The van der Waals surface area contributed by atoms with Crippen molar-refractivity contribution in [1.29, 1.82) is 0 Å². The highest BCUT2D eigenvalue weighted by Gasteiger charge is 2.18. The van der Waals surface area contributed by atoms with Crippen LogP contribution in [-0.4, -0.2) is 32.0 Å². The molecule has 0 radical (unpaired) electrons. The van der Waals surface area contributed by atoms with Gasteiger partial charge in [-0.25, -0.2) is 4.79 Å². The summed E-state index contributed by atoms with van der Waals surface area (Å²) in [5, 5.41) is 0. The Morgan fingerprint density at radius 2 is 1.87 bits per heavy atom. The number of hydrogen-bond donors (Lipinski definition) is 0. The predicted molar refractivity (Wildman–Crippen MR) is 110 cm³/mol. The normalized spacial score (nSPS) is 10.8. The van der Waals surface area contributed by atoms with Crippen molar-refractivity contribution in [3.8, 4) is 17.1 Å². The van der Waals surface area contributed by atoms with Crippen molar-refractivity contribution >= 4 is 5.78 Å². The SMILES string of the molecule is COc1ccc(C(=O)Cn2cccc3c(=O)n(Cc4cccnc4)c(=O)nc2-3)cc1. The first-order valence-electron chi connectivity index (χ1n) is 9.23. The molecular formula is C22H18N4O4. The van der Waals surface area contributed by atoms with Gasteiger partial charge in [0, 0.05) is 24.2 Å². The summed E-state index contributed by atoms with van der Waals surface area (Å²) in [6.07, 6.45) is 4.83. The molecule has 0 saturated carbocycles. The van der Waals surface area contributed by atoms with Crippen molar-refractivity contribution in [2.24, 2.45) is 0 Å². The molecule has 30 heavy (non-hydrogen) atoms. The first kappa shape index (κ1) is 19.3. The number of ketones is 1. The van der Waals surface area contributed by atoms with Crippen molar-refractivity contribution in [1.82, 2.24) is 19.1 Å². The molecule has 2 aliphatic rings. The van der Waals surface area contributed by atoms with E-state index in [0.717, 1.165) is 10.1 Å². The summed E-state index contributed by atoms with van der Waals surface area (Å²) in [4.78, 5) is 46.2. The minimum atomic E-state index is -0.673. The Morgan fingerprint density at radius 1 is 1.07 bits per heavy atom. The van der Waals surface area contributed by atoms with Gasteiger partial charge < -0.3 is 9.30 Å². The lowest BCUT2D eigenvalue weighted by Crippen LogP contribution is -2.38. The number of Topliss-reactive ketones (excluding diaryl/α,β-unsaturated/α-hetero) is 1. The molecular weight excluding hydrogens is 384 g/mol. The molecule has 2 aromatic rings. The van der Waals surface area contributed by atoms with E-state index >= 15 is 0 Å². The van der Waals surface area contributed by atoms with Crippen molar-refractivity contribution in [3.05, 3.63) is 99.1 Å². The first-order valence-corrected chi connectivity index (χ1v) is 9.23. The Labute approximate surface area is 171 Å². The highest BCUT2D eigenvalue weighted by Crippen LogP contribution is 2.16. The summed E-state index contributed by atoms with van der Waals surface area (Å²) < 4.78 is 7.68. The molecule has 150 valence electrons. The van der Waals surface area contributed by atoms with E-state index in [0.29, 0.717) is 11.3 Å². The van der Waals surface area contributed by atoms with Crippen LogP contribution in [0, 0.1) is 0 Å². The molecule has 3 heterocycles. The van der Waals surface area contributed by atoms with E-state index in [1.807, 2.05) is 0 Å². The number of carbonyl (C=O) groups is 1. The molecule has 0 amide bonds. The van der Waals surface area contributed by atoms with Gasteiger partial charge in [0.2, 0.25) is 0 Å². The van der Waals surface area contributed by atoms with Crippen LogP contribution < -0.4 is 16.0 Å². The summed E-state index contributed by atoms with van der Waals surface area (Å²) in [7, 11) is 1.55. The molecule has 0 aliphatic carbocycles. The largest absolute Gasteiger partial charge is 0.497 e. The van der Waals surface area contributed by atoms with Crippen molar-refractivity contribution in [2.45, 2.75) is 13.1 Å². The number of aromatic nitrogens is 4. The maximum atomic E-state index is 12.9. The van der Waals surface area contributed by atoms with E-state index in [9.17, 15) is 14.4 Å². The van der Waals surface area contributed by atoms with E-state index in [1.54, 1.807) is 74.2 Å². The number of ether oxygens (including phenoxy) is 1. The van der Waals surface area contributed by atoms with Gasteiger partial charge in [0.05, 0.1) is 25.8 Å². The van der Waals surface area contributed by atoms with Gasteiger partial charge in [0.25, 0.3) is 5.56 Å². The zero-order valence-corrected chi connectivity index (χ0v) is 16.2. The van der Waals surface area contributed by atoms with Crippen LogP contribution in [0.3, 0.4) is 0 Å². The van der Waals surface area contributed by atoms with Crippen LogP contribution in [-0.2, 0) is 13.1 Å². The molecule has 0 unspecified atom stereocenters. The smallest absolute Gasteiger partial charge is 0.352 e. The average molecular weight is 402 g/mol. The van der Waals surface area contributed by atoms with Gasteiger partial charge in [-0.05, 0) is 48.0 Å². The fourth-order valence-corrected chi connectivity index (χ4v) is 3.18. The van der Waals surface area contributed by atoms with Crippen LogP contribution in [0.5, 0.6) is 5.75 Å². The quantitative estimate of drug-likeness (QED) is 0.457. The Balaban J connectivity index is 1.69. The number of hydrogen-bond acceptors (Lipinski definition) is 6. The van der Waals surface area contributed by atoms with Gasteiger partial charge >= 0.3 is 5.69 Å². The lowest BCUT2D eigenvalue weighted by molar-refractivity contribution is 0.0972.